The SMILES string of the molecule is CCNC(=NCC(O)c1cc(OC)cc(OC)c1)NCCN(C(C)C)C(C)C.I. The molecule has 8 heteroatoms. The smallest absolute Gasteiger partial charge is 0.191 e. The van der Waals surface area contributed by atoms with Gasteiger partial charge in [0.2, 0.25) is 0 Å². The average Bonchev–Trinajstić information content (AvgIpc) is 2.67. The van der Waals surface area contributed by atoms with Gasteiger partial charge >= 0.3 is 0 Å². The third kappa shape index (κ3) is 9.86. The van der Waals surface area contributed by atoms with Crippen LogP contribution in [0.4, 0.5) is 0 Å². The van der Waals surface area contributed by atoms with Gasteiger partial charge in [-0.25, -0.2) is 0 Å². The zero-order chi connectivity index (χ0) is 21.1. The van der Waals surface area contributed by atoms with Crippen molar-refractivity contribution in [2.24, 2.45) is 4.99 Å². The first-order valence-corrected chi connectivity index (χ1v) is 10.0. The van der Waals surface area contributed by atoms with Crippen molar-refractivity contribution in [1.29, 1.82) is 0 Å². The highest BCUT2D eigenvalue weighted by atomic mass is 127. The Morgan fingerprint density at radius 3 is 2.03 bits per heavy atom. The summed E-state index contributed by atoms with van der Waals surface area (Å²) in [6.07, 6.45) is -0.748. The van der Waals surface area contributed by atoms with Gasteiger partial charge in [-0.2, -0.15) is 0 Å². The van der Waals surface area contributed by atoms with Crippen molar-refractivity contribution in [3.05, 3.63) is 23.8 Å². The standard InChI is InChI=1S/C21H38N4O3.HI/c1-8-22-21(23-9-10-25(15(2)3)16(4)5)24-14-20(26)17-11-18(27-6)13-19(12-17)28-7;/h11-13,15-16,20,26H,8-10,14H2,1-7H3,(H2,22,23,24);1H. The summed E-state index contributed by atoms with van der Waals surface area (Å²) in [7, 11) is 3.18. The molecule has 0 aliphatic carbocycles. The van der Waals surface area contributed by atoms with Crippen molar-refractivity contribution >= 4 is 29.9 Å². The van der Waals surface area contributed by atoms with Crippen LogP contribution in [0.25, 0.3) is 0 Å². The van der Waals surface area contributed by atoms with Crippen molar-refractivity contribution in [1.82, 2.24) is 15.5 Å². The van der Waals surface area contributed by atoms with E-state index in [0.29, 0.717) is 35.1 Å². The molecular formula is C21H39IN4O3. The summed E-state index contributed by atoms with van der Waals surface area (Å²) < 4.78 is 10.5. The lowest BCUT2D eigenvalue weighted by Gasteiger charge is -2.30. The van der Waals surface area contributed by atoms with Crippen LogP contribution in [0.3, 0.4) is 0 Å². The maximum absolute atomic E-state index is 10.6. The molecule has 0 aliphatic rings. The largest absolute Gasteiger partial charge is 0.497 e. The second-order valence-corrected chi connectivity index (χ2v) is 7.23. The fourth-order valence-corrected chi connectivity index (χ4v) is 3.06. The van der Waals surface area contributed by atoms with Crippen LogP contribution in [-0.4, -0.2) is 68.4 Å². The Kier molecular flexibility index (Phi) is 14.0. The van der Waals surface area contributed by atoms with Crippen LogP contribution < -0.4 is 20.1 Å². The first-order valence-electron chi connectivity index (χ1n) is 10.0. The molecule has 1 rings (SSSR count). The minimum atomic E-state index is -0.748. The molecule has 1 atom stereocenters. The zero-order valence-corrected chi connectivity index (χ0v) is 21.2. The van der Waals surface area contributed by atoms with E-state index in [1.807, 2.05) is 6.92 Å². The highest BCUT2D eigenvalue weighted by molar-refractivity contribution is 14.0. The van der Waals surface area contributed by atoms with E-state index in [1.165, 1.54) is 0 Å². The van der Waals surface area contributed by atoms with Crippen LogP contribution in [0.1, 0.15) is 46.3 Å². The number of rotatable bonds is 11. The Morgan fingerprint density at radius 2 is 1.59 bits per heavy atom. The molecule has 0 saturated carbocycles. The first kappa shape index (κ1) is 27.7. The maximum atomic E-state index is 10.6. The van der Waals surface area contributed by atoms with Gasteiger partial charge in [0.1, 0.15) is 11.5 Å². The quantitative estimate of drug-likeness (QED) is 0.236. The van der Waals surface area contributed by atoms with Crippen molar-refractivity contribution in [3.8, 4) is 11.5 Å². The summed E-state index contributed by atoms with van der Waals surface area (Å²) in [6, 6.07) is 6.36. The number of hydrogen-bond donors (Lipinski definition) is 3. The van der Waals surface area contributed by atoms with E-state index in [2.05, 4.69) is 48.2 Å². The van der Waals surface area contributed by atoms with Crippen LogP contribution >= 0.6 is 24.0 Å². The molecule has 0 aliphatic heterocycles. The Bertz CT molecular complexity index is 581. The number of aliphatic hydroxyl groups excluding tert-OH is 1. The monoisotopic (exact) mass is 522 g/mol. The molecule has 0 saturated heterocycles. The van der Waals surface area contributed by atoms with Gasteiger partial charge in [-0.15, -0.1) is 24.0 Å². The summed E-state index contributed by atoms with van der Waals surface area (Å²) in [6.45, 7) is 13.6. The molecule has 0 radical (unpaired) electrons. The molecule has 1 aromatic rings. The number of methoxy groups -OCH3 is 2. The molecule has 0 heterocycles. The van der Waals surface area contributed by atoms with Gasteiger partial charge in [-0.1, -0.05) is 0 Å². The molecule has 1 unspecified atom stereocenters. The first-order chi connectivity index (χ1) is 13.3. The van der Waals surface area contributed by atoms with Gasteiger partial charge in [0.05, 0.1) is 26.9 Å². The lowest BCUT2D eigenvalue weighted by molar-refractivity contribution is 0.178. The lowest BCUT2D eigenvalue weighted by Crippen LogP contribution is -2.45. The van der Waals surface area contributed by atoms with E-state index < -0.39 is 6.10 Å². The summed E-state index contributed by atoms with van der Waals surface area (Å²) in [5.74, 6) is 1.98. The summed E-state index contributed by atoms with van der Waals surface area (Å²) >= 11 is 0. The van der Waals surface area contributed by atoms with E-state index in [-0.39, 0.29) is 30.5 Å². The number of nitrogens with zero attached hydrogens (tertiary/aromatic N) is 2. The van der Waals surface area contributed by atoms with Crippen LogP contribution in [0.15, 0.2) is 23.2 Å². The summed E-state index contributed by atoms with van der Waals surface area (Å²) in [5, 5.41) is 17.1. The predicted octanol–water partition coefficient (Wildman–Crippen LogP) is 3.03. The van der Waals surface area contributed by atoms with E-state index >= 15 is 0 Å². The second-order valence-electron chi connectivity index (χ2n) is 7.23. The van der Waals surface area contributed by atoms with Gasteiger partial charge in [0.15, 0.2) is 5.96 Å². The van der Waals surface area contributed by atoms with Crippen LogP contribution in [0.2, 0.25) is 0 Å². The molecule has 29 heavy (non-hydrogen) atoms. The molecule has 3 N–H and O–H groups in total. The van der Waals surface area contributed by atoms with Crippen LogP contribution in [-0.2, 0) is 0 Å². The Balaban J connectivity index is 0.00000784. The van der Waals surface area contributed by atoms with Crippen LogP contribution in [0.5, 0.6) is 11.5 Å². The summed E-state index contributed by atoms with van der Waals surface area (Å²) in [4.78, 5) is 6.96. The number of halogens is 1. The van der Waals surface area contributed by atoms with Gasteiger partial charge in [0.25, 0.3) is 0 Å². The number of aliphatic hydroxyl groups is 1. The highest BCUT2D eigenvalue weighted by Gasteiger charge is 2.14. The molecule has 1 aromatic carbocycles. The van der Waals surface area contributed by atoms with E-state index in [1.54, 1.807) is 32.4 Å². The number of aliphatic imine (C=N–C) groups is 1. The zero-order valence-electron chi connectivity index (χ0n) is 18.9. The number of nitrogens with one attached hydrogen (secondary N) is 2. The Labute approximate surface area is 193 Å². The molecule has 0 amide bonds. The fourth-order valence-electron chi connectivity index (χ4n) is 3.06. The van der Waals surface area contributed by atoms with Crippen molar-refractivity contribution in [2.75, 3.05) is 40.4 Å². The van der Waals surface area contributed by atoms with E-state index in [9.17, 15) is 5.11 Å². The average molecular weight is 522 g/mol. The molecule has 168 valence electrons. The topological polar surface area (TPSA) is 78.4 Å². The second kappa shape index (κ2) is 14.7. The molecule has 0 bridgehead atoms. The van der Waals surface area contributed by atoms with E-state index in [4.69, 9.17) is 9.47 Å². The van der Waals surface area contributed by atoms with Gasteiger partial charge in [0, 0.05) is 37.8 Å². The third-order valence-corrected chi connectivity index (χ3v) is 4.51. The van der Waals surface area contributed by atoms with Crippen molar-refractivity contribution in [3.63, 3.8) is 0 Å². The summed E-state index contributed by atoms with van der Waals surface area (Å²) in [5.41, 5.74) is 0.710. The van der Waals surface area contributed by atoms with Gasteiger partial charge in [-0.3, -0.25) is 9.89 Å². The molecular weight excluding hydrogens is 483 g/mol. The lowest BCUT2D eigenvalue weighted by atomic mass is 10.1. The predicted molar refractivity (Wildman–Crippen MR) is 131 cm³/mol. The normalized spacial score (nSPS) is 12.7. The van der Waals surface area contributed by atoms with Gasteiger partial charge in [-0.05, 0) is 52.3 Å². The van der Waals surface area contributed by atoms with Crippen molar-refractivity contribution < 1.29 is 14.6 Å². The minimum Gasteiger partial charge on any atom is -0.497 e. The molecule has 7 nitrogen and oxygen atoms in total. The van der Waals surface area contributed by atoms with Crippen molar-refractivity contribution in [2.45, 2.75) is 52.8 Å². The molecule has 0 fully saturated rings. The number of hydrogen-bond acceptors (Lipinski definition) is 5. The number of guanidine groups is 1. The number of ether oxygens (including phenoxy) is 2. The molecule has 0 spiro atoms. The Morgan fingerprint density at radius 1 is 1.03 bits per heavy atom. The number of benzene rings is 1. The maximum Gasteiger partial charge on any atom is 0.191 e. The minimum absolute atomic E-state index is 0. The third-order valence-electron chi connectivity index (χ3n) is 4.51. The Hall–Kier alpha value is -1.26. The molecule has 0 aromatic heterocycles. The van der Waals surface area contributed by atoms with Gasteiger partial charge < -0.3 is 25.2 Å². The highest BCUT2D eigenvalue weighted by Crippen LogP contribution is 2.26. The van der Waals surface area contributed by atoms with E-state index in [0.717, 1.165) is 19.6 Å². The fraction of sp³-hybridized carbons (Fsp3) is 0.667. The van der Waals surface area contributed by atoms with Crippen LogP contribution in [0, 0.1) is 0 Å².